The molecule has 4 rings (SSSR count). The van der Waals surface area contributed by atoms with E-state index in [0.29, 0.717) is 0 Å². The molecule has 0 amide bonds. The molecule has 118 valence electrons. The lowest BCUT2D eigenvalue weighted by Gasteiger charge is -2.27. The molecule has 1 aromatic heterocycles. The van der Waals surface area contributed by atoms with E-state index in [9.17, 15) is 0 Å². The highest BCUT2D eigenvalue weighted by molar-refractivity contribution is 5.95. The summed E-state index contributed by atoms with van der Waals surface area (Å²) in [6.45, 7) is 4.48. The summed E-state index contributed by atoms with van der Waals surface area (Å²) in [7, 11) is 0. The van der Waals surface area contributed by atoms with Crippen LogP contribution in [0.1, 0.15) is 5.56 Å². The number of hydrogen-bond acceptors (Lipinski definition) is 4. The number of H-pyrrole nitrogens is 1. The number of nitrogens with two attached hydrogens (primary N) is 1. The van der Waals surface area contributed by atoms with Gasteiger partial charge in [0.25, 0.3) is 0 Å². The van der Waals surface area contributed by atoms with Crippen LogP contribution < -0.4 is 5.73 Å². The van der Waals surface area contributed by atoms with Gasteiger partial charge in [-0.3, -0.25) is 10.00 Å². The van der Waals surface area contributed by atoms with Gasteiger partial charge in [0.05, 0.1) is 18.7 Å². The van der Waals surface area contributed by atoms with Crippen LogP contribution in [0.2, 0.25) is 0 Å². The molecule has 5 heteroatoms. The van der Waals surface area contributed by atoms with E-state index in [0.717, 1.165) is 60.7 Å². The molecule has 0 atom stereocenters. The van der Waals surface area contributed by atoms with Crippen LogP contribution >= 0.6 is 0 Å². The summed E-state index contributed by atoms with van der Waals surface area (Å²) in [5, 5.41) is 8.71. The molecular weight excluding hydrogens is 288 g/mol. The average Bonchev–Trinajstić information content (AvgIpc) is 2.99. The van der Waals surface area contributed by atoms with Gasteiger partial charge >= 0.3 is 0 Å². The van der Waals surface area contributed by atoms with Crippen molar-refractivity contribution in [3.63, 3.8) is 0 Å². The van der Waals surface area contributed by atoms with E-state index in [1.807, 2.05) is 18.2 Å². The van der Waals surface area contributed by atoms with Crippen molar-refractivity contribution < 1.29 is 4.74 Å². The monoisotopic (exact) mass is 308 g/mol. The zero-order valence-corrected chi connectivity index (χ0v) is 13.0. The molecule has 0 unspecified atom stereocenters. The first-order valence-corrected chi connectivity index (χ1v) is 7.93. The van der Waals surface area contributed by atoms with Gasteiger partial charge in [-0.15, -0.1) is 0 Å². The van der Waals surface area contributed by atoms with E-state index in [1.54, 1.807) is 0 Å². The number of morpholine rings is 1. The van der Waals surface area contributed by atoms with Gasteiger partial charge in [-0.25, -0.2) is 0 Å². The van der Waals surface area contributed by atoms with E-state index in [2.05, 4.69) is 39.4 Å². The van der Waals surface area contributed by atoms with Crippen molar-refractivity contribution >= 4 is 16.6 Å². The highest BCUT2D eigenvalue weighted by Gasteiger charge is 2.16. The number of aromatic nitrogens is 2. The van der Waals surface area contributed by atoms with Crippen molar-refractivity contribution in [3.8, 4) is 11.3 Å². The minimum absolute atomic E-state index is 0.755. The van der Waals surface area contributed by atoms with Gasteiger partial charge in [0, 0.05) is 36.3 Å². The highest BCUT2D eigenvalue weighted by Crippen LogP contribution is 2.30. The molecule has 1 saturated heterocycles. The Morgan fingerprint density at radius 2 is 1.96 bits per heavy atom. The summed E-state index contributed by atoms with van der Waals surface area (Å²) in [6, 6.07) is 14.3. The number of aromatic amines is 1. The number of ether oxygens (including phenoxy) is 1. The third-order valence-electron chi connectivity index (χ3n) is 4.36. The molecule has 0 spiro atoms. The molecule has 0 saturated carbocycles. The first kappa shape index (κ1) is 14.2. The fourth-order valence-electron chi connectivity index (χ4n) is 3.13. The van der Waals surface area contributed by atoms with Gasteiger partial charge in [0.1, 0.15) is 5.69 Å². The summed E-state index contributed by atoms with van der Waals surface area (Å²) in [6.07, 6.45) is 0. The summed E-state index contributed by atoms with van der Waals surface area (Å²) in [5.41, 5.74) is 11.1. The Kier molecular flexibility index (Phi) is 3.73. The molecule has 3 N–H and O–H groups in total. The number of hydrogen-bond donors (Lipinski definition) is 2. The molecule has 1 aliphatic heterocycles. The topological polar surface area (TPSA) is 67.2 Å². The largest absolute Gasteiger partial charge is 0.399 e. The van der Waals surface area contributed by atoms with Crippen molar-refractivity contribution in [1.29, 1.82) is 0 Å². The van der Waals surface area contributed by atoms with Gasteiger partial charge in [-0.05, 0) is 23.8 Å². The minimum atomic E-state index is 0.755. The van der Waals surface area contributed by atoms with Crippen LogP contribution in [0, 0.1) is 0 Å². The molecule has 2 aromatic carbocycles. The molecule has 0 aliphatic carbocycles. The highest BCUT2D eigenvalue weighted by atomic mass is 16.5. The summed E-state index contributed by atoms with van der Waals surface area (Å²) in [5.74, 6) is 0. The van der Waals surface area contributed by atoms with Gasteiger partial charge in [-0.2, -0.15) is 5.10 Å². The number of benzene rings is 2. The van der Waals surface area contributed by atoms with E-state index in [-0.39, 0.29) is 0 Å². The second kappa shape index (κ2) is 6.02. The predicted octanol–water partition coefficient (Wildman–Crippen LogP) is 2.64. The number of rotatable bonds is 3. The Bertz CT molecular complexity index is 821. The number of fused-ring (bicyclic) bond motifs is 1. The second-order valence-electron chi connectivity index (χ2n) is 5.92. The lowest BCUT2D eigenvalue weighted by atomic mass is 10.0. The van der Waals surface area contributed by atoms with Crippen molar-refractivity contribution in [1.82, 2.24) is 15.1 Å². The number of nitrogen functional groups attached to an aromatic ring is 1. The molecule has 3 aromatic rings. The maximum absolute atomic E-state index is 5.95. The summed E-state index contributed by atoms with van der Waals surface area (Å²) in [4.78, 5) is 2.42. The van der Waals surface area contributed by atoms with Crippen LogP contribution in [-0.4, -0.2) is 41.4 Å². The van der Waals surface area contributed by atoms with Crippen LogP contribution in [0.3, 0.4) is 0 Å². The normalized spacial score (nSPS) is 16.0. The maximum Gasteiger partial charge on any atom is 0.100 e. The minimum Gasteiger partial charge on any atom is -0.399 e. The van der Waals surface area contributed by atoms with Crippen molar-refractivity contribution in [2.45, 2.75) is 6.54 Å². The number of nitrogens with zero attached hydrogens (tertiary/aromatic N) is 2. The molecule has 2 heterocycles. The zero-order valence-electron chi connectivity index (χ0n) is 13.0. The van der Waals surface area contributed by atoms with Crippen LogP contribution in [0.5, 0.6) is 0 Å². The number of anilines is 1. The Morgan fingerprint density at radius 1 is 1.13 bits per heavy atom. The SMILES string of the molecule is Nc1ccc2[nH]nc(-c3ccccc3CN3CCOCC3)c2c1. The maximum atomic E-state index is 5.95. The standard InChI is InChI=1S/C18H20N4O/c19-14-5-6-17-16(11-14)18(21-20-17)15-4-2-1-3-13(15)12-22-7-9-23-10-8-22/h1-6,11H,7-10,12,19H2,(H,20,21). The number of nitrogens with one attached hydrogen (secondary N) is 1. The van der Waals surface area contributed by atoms with E-state index < -0.39 is 0 Å². The Labute approximate surface area is 135 Å². The zero-order chi connectivity index (χ0) is 15.6. The van der Waals surface area contributed by atoms with E-state index in [4.69, 9.17) is 10.5 Å². The third kappa shape index (κ3) is 2.81. The Morgan fingerprint density at radius 3 is 2.83 bits per heavy atom. The lowest BCUT2D eigenvalue weighted by molar-refractivity contribution is 0.0342. The second-order valence-corrected chi connectivity index (χ2v) is 5.92. The molecule has 0 radical (unpaired) electrons. The first-order chi connectivity index (χ1) is 11.3. The smallest absolute Gasteiger partial charge is 0.100 e. The van der Waals surface area contributed by atoms with E-state index in [1.165, 1.54) is 5.56 Å². The van der Waals surface area contributed by atoms with Crippen LogP contribution in [0.15, 0.2) is 42.5 Å². The third-order valence-corrected chi connectivity index (χ3v) is 4.36. The summed E-state index contributed by atoms with van der Waals surface area (Å²) >= 11 is 0. The molecular formula is C18H20N4O. The van der Waals surface area contributed by atoms with E-state index >= 15 is 0 Å². The molecule has 5 nitrogen and oxygen atoms in total. The Hall–Kier alpha value is -2.37. The van der Waals surface area contributed by atoms with Gasteiger partial charge < -0.3 is 10.5 Å². The first-order valence-electron chi connectivity index (χ1n) is 7.93. The fourth-order valence-corrected chi connectivity index (χ4v) is 3.13. The Balaban J connectivity index is 1.74. The van der Waals surface area contributed by atoms with Gasteiger partial charge in [0.15, 0.2) is 0 Å². The van der Waals surface area contributed by atoms with Crippen molar-refractivity contribution in [3.05, 3.63) is 48.0 Å². The van der Waals surface area contributed by atoms with Crippen LogP contribution in [0.4, 0.5) is 5.69 Å². The predicted molar refractivity (Wildman–Crippen MR) is 92.0 cm³/mol. The molecule has 23 heavy (non-hydrogen) atoms. The quantitative estimate of drug-likeness (QED) is 0.730. The van der Waals surface area contributed by atoms with Crippen LogP contribution in [0.25, 0.3) is 22.2 Å². The van der Waals surface area contributed by atoms with Crippen molar-refractivity contribution in [2.75, 3.05) is 32.0 Å². The van der Waals surface area contributed by atoms with Crippen LogP contribution in [-0.2, 0) is 11.3 Å². The fraction of sp³-hybridized carbons (Fsp3) is 0.278. The molecule has 1 fully saturated rings. The molecule has 1 aliphatic rings. The van der Waals surface area contributed by atoms with Gasteiger partial charge in [-0.1, -0.05) is 24.3 Å². The van der Waals surface area contributed by atoms with Gasteiger partial charge in [0.2, 0.25) is 0 Å². The average molecular weight is 308 g/mol. The van der Waals surface area contributed by atoms with Crippen molar-refractivity contribution in [2.24, 2.45) is 0 Å². The lowest BCUT2D eigenvalue weighted by Crippen LogP contribution is -2.35. The molecule has 0 bridgehead atoms. The summed E-state index contributed by atoms with van der Waals surface area (Å²) < 4.78 is 5.44.